The molecular weight excluding hydrogens is 332 g/mol. The Morgan fingerprint density at radius 3 is 2.56 bits per heavy atom. The summed E-state index contributed by atoms with van der Waals surface area (Å²) in [5.41, 5.74) is -0.826. The van der Waals surface area contributed by atoms with E-state index >= 15 is 0 Å². The van der Waals surface area contributed by atoms with Crippen molar-refractivity contribution < 1.29 is 13.2 Å². The minimum atomic E-state index is -4.41. The number of hydrogen-bond donors (Lipinski definition) is 0. The Hall–Kier alpha value is -0.490. The average molecular weight is 346 g/mol. The molecule has 1 aromatic heterocycles. The van der Waals surface area contributed by atoms with Gasteiger partial charge in [0.25, 0.3) is 0 Å². The van der Waals surface area contributed by atoms with Gasteiger partial charge in [-0.05, 0) is 19.4 Å². The molecule has 0 spiro atoms. The Kier molecular flexibility index (Phi) is 5.72. The summed E-state index contributed by atoms with van der Waals surface area (Å²) >= 11 is 9.18. The Balaban J connectivity index is 2.96. The van der Waals surface area contributed by atoms with Crippen molar-refractivity contribution in [2.24, 2.45) is 0 Å². The maximum atomic E-state index is 12.5. The number of aromatic nitrogens is 1. The fourth-order valence-corrected chi connectivity index (χ4v) is 2.02. The van der Waals surface area contributed by atoms with Gasteiger partial charge in [0.15, 0.2) is 0 Å². The van der Waals surface area contributed by atoms with Crippen LogP contribution in [0.2, 0.25) is 5.02 Å². The van der Waals surface area contributed by atoms with Gasteiger partial charge in [-0.3, -0.25) is 0 Å². The molecule has 102 valence electrons. The molecule has 0 N–H and O–H groups in total. The summed E-state index contributed by atoms with van der Waals surface area (Å²) in [5.74, 6) is 0.396. The molecule has 0 aliphatic rings. The molecule has 2 nitrogen and oxygen atoms in total. The Bertz CT molecular complexity index is 398. The molecule has 0 aliphatic heterocycles. The molecule has 1 rings (SSSR count). The number of hydrogen-bond acceptors (Lipinski definition) is 2. The molecule has 0 amide bonds. The normalized spacial score (nSPS) is 11.7. The van der Waals surface area contributed by atoms with Gasteiger partial charge >= 0.3 is 6.18 Å². The molecule has 0 saturated heterocycles. The highest BCUT2D eigenvalue weighted by Crippen LogP contribution is 2.33. The molecule has 0 atom stereocenters. The van der Waals surface area contributed by atoms with E-state index in [9.17, 15) is 13.2 Å². The van der Waals surface area contributed by atoms with Crippen molar-refractivity contribution in [3.05, 3.63) is 22.8 Å². The number of pyridine rings is 1. The third-order valence-corrected chi connectivity index (χ3v) is 3.23. The molecule has 0 fully saturated rings. The van der Waals surface area contributed by atoms with Crippen molar-refractivity contribution in [1.82, 2.24) is 4.98 Å². The number of alkyl halides is 4. The zero-order valence-corrected chi connectivity index (χ0v) is 12.1. The summed E-state index contributed by atoms with van der Waals surface area (Å²) in [4.78, 5) is 5.68. The maximum Gasteiger partial charge on any atom is 0.417 e. The van der Waals surface area contributed by atoms with Crippen molar-refractivity contribution in [1.29, 1.82) is 0 Å². The summed E-state index contributed by atoms with van der Waals surface area (Å²) < 4.78 is 37.4. The minimum Gasteiger partial charge on any atom is -0.356 e. The van der Waals surface area contributed by atoms with E-state index in [1.807, 2.05) is 11.8 Å². The predicted molar refractivity (Wildman–Crippen MR) is 70.5 cm³/mol. The largest absolute Gasteiger partial charge is 0.417 e. The van der Waals surface area contributed by atoms with Crippen molar-refractivity contribution in [3.8, 4) is 0 Å². The minimum absolute atomic E-state index is 0.0289. The summed E-state index contributed by atoms with van der Waals surface area (Å²) in [6.45, 7) is 3.24. The molecule has 1 aromatic rings. The van der Waals surface area contributed by atoms with E-state index in [1.165, 1.54) is 0 Å². The first-order valence-corrected chi connectivity index (χ1v) is 6.93. The summed E-state index contributed by atoms with van der Waals surface area (Å²) in [6.07, 6.45) is -2.73. The third kappa shape index (κ3) is 4.02. The van der Waals surface area contributed by atoms with E-state index in [1.54, 1.807) is 0 Å². The van der Waals surface area contributed by atoms with Gasteiger partial charge in [0.05, 0.1) is 10.6 Å². The van der Waals surface area contributed by atoms with Crippen LogP contribution >= 0.6 is 27.5 Å². The average Bonchev–Trinajstić information content (AvgIpc) is 2.30. The maximum absolute atomic E-state index is 12.5. The van der Waals surface area contributed by atoms with E-state index in [0.29, 0.717) is 18.9 Å². The lowest BCUT2D eigenvalue weighted by atomic mass is 10.2. The molecule has 0 saturated carbocycles. The summed E-state index contributed by atoms with van der Waals surface area (Å²) in [6, 6.07) is 0.917. The van der Waals surface area contributed by atoms with Gasteiger partial charge < -0.3 is 4.90 Å². The van der Waals surface area contributed by atoms with E-state index in [0.717, 1.165) is 24.0 Å². The Labute approximate surface area is 117 Å². The highest BCUT2D eigenvalue weighted by Gasteiger charge is 2.31. The molecule has 0 radical (unpaired) electrons. The number of halogens is 5. The third-order valence-electron chi connectivity index (χ3n) is 2.39. The first kappa shape index (κ1) is 15.6. The van der Waals surface area contributed by atoms with Crippen LogP contribution in [0.1, 0.15) is 18.9 Å². The predicted octanol–water partition coefficient (Wildman–Crippen LogP) is 4.37. The lowest BCUT2D eigenvalue weighted by molar-refractivity contribution is -0.137. The number of nitrogens with zero attached hydrogens (tertiary/aromatic N) is 2. The fraction of sp³-hybridized carbons (Fsp3) is 0.545. The lowest BCUT2D eigenvalue weighted by Crippen LogP contribution is -2.25. The topological polar surface area (TPSA) is 16.1 Å². The van der Waals surface area contributed by atoms with Gasteiger partial charge in [-0.25, -0.2) is 4.98 Å². The van der Waals surface area contributed by atoms with Crippen LogP contribution < -0.4 is 4.90 Å². The second-order valence-electron chi connectivity index (χ2n) is 3.65. The van der Waals surface area contributed by atoms with Crippen LogP contribution in [0.5, 0.6) is 0 Å². The SMILES string of the molecule is CCN(CCCBr)c1ncc(C(F)(F)F)cc1Cl. The van der Waals surface area contributed by atoms with Gasteiger partial charge in [-0.15, -0.1) is 0 Å². The molecule has 0 aromatic carbocycles. The van der Waals surface area contributed by atoms with Gasteiger partial charge in [0, 0.05) is 24.6 Å². The standard InChI is InChI=1S/C11H13BrClF3N2/c1-2-18(5-3-4-12)10-9(13)6-8(7-17-10)11(14,15)16/h6-7H,2-5H2,1H3. The molecule has 18 heavy (non-hydrogen) atoms. The monoisotopic (exact) mass is 344 g/mol. The lowest BCUT2D eigenvalue weighted by Gasteiger charge is -2.23. The van der Waals surface area contributed by atoms with Crippen molar-refractivity contribution in [2.45, 2.75) is 19.5 Å². The second-order valence-corrected chi connectivity index (χ2v) is 4.85. The number of rotatable bonds is 5. The molecular formula is C11H13BrClF3N2. The first-order chi connectivity index (χ1) is 8.40. The first-order valence-electron chi connectivity index (χ1n) is 5.43. The summed E-state index contributed by atoms with van der Waals surface area (Å²) in [7, 11) is 0. The molecule has 0 bridgehead atoms. The van der Waals surface area contributed by atoms with Crippen LogP contribution in [-0.2, 0) is 6.18 Å². The van der Waals surface area contributed by atoms with Crippen molar-refractivity contribution >= 4 is 33.3 Å². The smallest absolute Gasteiger partial charge is 0.356 e. The molecule has 0 unspecified atom stereocenters. The van der Waals surface area contributed by atoms with E-state index < -0.39 is 11.7 Å². The van der Waals surface area contributed by atoms with Crippen LogP contribution in [-0.4, -0.2) is 23.4 Å². The van der Waals surface area contributed by atoms with Crippen LogP contribution in [0.4, 0.5) is 19.0 Å². The second kappa shape index (κ2) is 6.61. The molecule has 7 heteroatoms. The van der Waals surface area contributed by atoms with Crippen molar-refractivity contribution in [2.75, 3.05) is 23.3 Å². The van der Waals surface area contributed by atoms with Crippen molar-refractivity contribution in [3.63, 3.8) is 0 Å². The van der Waals surface area contributed by atoms with Crippen LogP contribution in [0, 0.1) is 0 Å². The molecule has 1 heterocycles. The zero-order chi connectivity index (χ0) is 13.8. The van der Waals surface area contributed by atoms with Gasteiger partial charge in [-0.1, -0.05) is 27.5 Å². The Morgan fingerprint density at radius 2 is 2.11 bits per heavy atom. The highest BCUT2D eigenvalue weighted by atomic mass is 79.9. The quantitative estimate of drug-likeness (QED) is 0.737. The van der Waals surface area contributed by atoms with Crippen LogP contribution in [0.3, 0.4) is 0 Å². The van der Waals surface area contributed by atoms with E-state index in [2.05, 4.69) is 20.9 Å². The fourth-order valence-electron chi connectivity index (χ4n) is 1.48. The van der Waals surface area contributed by atoms with E-state index in [-0.39, 0.29) is 5.02 Å². The zero-order valence-electron chi connectivity index (χ0n) is 9.77. The van der Waals surface area contributed by atoms with Gasteiger partial charge in [-0.2, -0.15) is 13.2 Å². The van der Waals surface area contributed by atoms with Crippen LogP contribution in [0.25, 0.3) is 0 Å². The molecule has 0 aliphatic carbocycles. The summed E-state index contributed by atoms with van der Waals surface area (Å²) in [5, 5.41) is 0.850. The van der Waals surface area contributed by atoms with E-state index in [4.69, 9.17) is 11.6 Å². The Morgan fingerprint density at radius 1 is 1.44 bits per heavy atom. The van der Waals surface area contributed by atoms with Gasteiger partial charge in [0.2, 0.25) is 0 Å². The van der Waals surface area contributed by atoms with Gasteiger partial charge in [0.1, 0.15) is 5.82 Å². The number of anilines is 1. The highest BCUT2D eigenvalue weighted by molar-refractivity contribution is 9.09. The van der Waals surface area contributed by atoms with Crippen LogP contribution in [0.15, 0.2) is 12.3 Å².